The summed E-state index contributed by atoms with van der Waals surface area (Å²) in [5.41, 5.74) is 5.39. The number of aliphatic hydroxyl groups is 2. The Bertz CT molecular complexity index is 284. The summed E-state index contributed by atoms with van der Waals surface area (Å²) in [5, 5.41) is 30.0. The summed E-state index contributed by atoms with van der Waals surface area (Å²) in [6, 6.07) is 0. The normalized spacial score (nSPS) is 28.2. The van der Waals surface area contributed by atoms with Crippen LogP contribution in [0.3, 0.4) is 0 Å². The van der Waals surface area contributed by atoms with Gasteiger partial charge < -0.3 is 26.1 Å². The average Bonchev–Trinajstić information content (AvgIpc) is 2.59. The van der Waals surface area contributed by atoms with Crippen molar-refractivity contribution in [1.82, 2.24) is 4.90 Å². The minimum atomic E-state index is -0.922. The molecule has 16 heavy (non-hydrogen) atoms. The highest BCUT2D eigenvalue weighted by molar-refractivity contribution is 6.02. The van der Waals surface area contributed by atoms with Gasteiger partial charge >= 0.3 is 0 Å². The number of oxime groups is 1. The molecule has 1 heterocycles. The molecule has 7 heteroatoms. The fourth-order valence-electron chi connectivity index (χ4n) is 1.75. The zero-order chi connectivity index (χ0) is 12.3. The molecule has 3 atom stereocenters. The van der Waals surface area contributed by atoms with Gasteiger partial charge in [-0.15, -0.1) is 0 Å². The Morgan fingerprint density at radius 1 is 1.50 bits per heavy atom. The van der Waals surface area contributed by atoms with Crippen LogP contribution >= 0.6 is 0 Å². The van der Waals surface area contributed by atoms with Gasteiger partial charge in [0.1, 0.15) is 0 Å². The molecular weight excluding hydrogens is 214 g/mol. The zero-order valence-corrected chi connectivity index (χ0v) is 9.08. The maximum Gasteiger partial charge on any atom is 0.233 e. The van der Waals surface area contributed by atoms with E-state index in [0.717, 1.165) is 0 Å². The number of hydrogen-bond donors (Lipinski definition) is 4. The van der Waals surface area contributed by atoms with Crippen LogP contribution in [-0.2, 0) is 4.79 Å². The Kier molecular flexibility index (Phi) is 4.08. The van der Waals surface area contributed by atoms with Gasteiger partial charge in [0, 0.05) is 13.1 Å². The Labute approximate surface area is 93.1 Å². The third-order valence-electron chi connectivity index (χ3n) is 2.75. The van der Waals surface area contributed by atoms with Crippen molar-refractivity contribution in [3.63, 3.8) is 0 Å². The van der Waals surface area contributed by atoms with Crippen LogP contribution in [0.5, 0.6) is 0 Å². The molecule has 5 N–H and O–H groups in total. The van der Waals surface area contributed by atoms with Crippen molar-refractivity contribution in [2.75, 3.05) is 13.1 Å². The molecule has 0 saturated carbocycles. The fourth-order valence-corrected chi connectivity index (χ4v) is 1.75. The van der Waals surface area contributed by atoms with Gasteiger partial charge in [0.2, 0.25) is 5.91 Å². The number of amides is 1. The average molecular weight is 231 g/mol. The lowest BCUT2D eigenvalue weighted by Gasteiger charge is -2.21. The van der Waals surface area contributed by atoms with E-state index in [1.54, 1.807) is 6.92 Å². The van der Waals surface area contributed by atoms with Crippen LogP contribution in [-0.4, -0.2) is 57.4 Å². The van der Waals surface area contributed by atoms with E-state index in [1.165, 1.54) is 4.90 Å². The second-order valence-corrected chi connectivity index (χ2v) is 3.86. The largest absolute Gasteiger partial charge is 0.409 e. The Balaban J connectivity index is 2.70. The van der Waals surface area contributed by atoms with Gasteiger partial charge in [-0.3, -0.25) is 4.79 Å². The number of likely N-dealkylation sites (tertiary alicyclic amines) is 1. The second-order valence-electron chi connectivity index (χ2n) is 3.86. The molecule has 1 fully saturated rings. The van der Waals surface area contributed by atoms with Gasteiger partial charge in [-0.25, -0.2) is 0 Å². The number of β-amino-alcohol motifs (C(OH)–C–C–N with tert-alkyl or cyclic N) is 2. The maximum absolute atomic E-state index is 11.9. The van der Waals surface area contributed by atoms with Crippen LogP contribution in [0.2, 0.25) is 0 Å². The molecule has 1 aliphatic heterocycles. The fraction of sp³-hybridized carbons (Fsp3) is 0.778. The van der Waals surface area contributed by atoms with Crippen molar-refractivity contribution >= 4 is 11.7 Å². The van der Waals surface area contributed by atoms with Crippen LogP contribution in [0, 0.1) is 5.92 Å². The van der Waals surface area contributed by atoms with Crippen LogP contribution in [0.4, 0.5) is 0 Å². The minimum absolute atomic E-state index is 0.0786. The van der Waals surface area contributed by atoms with Crippen molar-refractivity contribution in [3.05, 3.63) is 0 Å². The second kappa shape index (κ2) is 5.13. The Hall–Kier alpha value is -1.34. The molecule has 0 aromatic heterocycles. The van der Waals surface area contributed by atoms with Crippen LogP contribution in [0.15, 0.2) is 5.16 Å². The van der Waals surface area contributed by atoms with Crippen LogP contribution in [0.1, 0.15) is 13.3 Å². The van der Waals surface area contributed by atoms with Gasteiger partial charge in [-0.05, 0) is 6.42 Å². The van der Waals surface area contributed by atoms with E-state index in [2.05, 4.69) is 5.16 Å². The van der Waals surface area contributed by atoms with E-state index in [9.17, 15) is 15.0 Å². The number of nitrogens with zero attached hydrogens (tertiary/aromatic N) is 2. The third kappa shape index (κ3) is 2.42. The summed E-state index contributed by atoms with van der Waals surface area (Å²) in [6.07, 6.45) is -1.44. The highest BCUT2D eigenvalue weighted by Crippen LogP contribution is 2.15. The molecular formula is C9H17N3O4. The molecule has 92 valence electrons. The SMILES string of the molecule is CCC(C(=O)N1CC(O)C(O)C1)C(N)=NO. The van der Waals surface area contributed by atoms with E-state index < -0.39 is 18.1 Å². The van der Waals surface area contributed by atoms with Gasteiger partial charge in [-0.1, -0.05) is 12.1 Å². The monoisotopic (exact) mass is 231 g/mol. The molecule has 1 amide bonds. The number of aliphatic hydroxyl groups excluding tert-OH is 2. The van der Waals surface area contributed by atoms with Gasteiger partial charge in [0.25, 0.3) is 0 Å². The topological polar surface area (TPSA) is 119 Å². The molecule has 0 radical (unpaired) electrons. The van der Waals surface area contributed by atoms with E-state index in [-0.39, 0.29) is 24.8 Å². The van der Waals surface area contributed by atoms with Gasteiger partial charge in [0.15, 0.2) is 5.84 Å². The summed E-state index contributed by atoms with van der Waals surface area (Å²) in [5.74, 6) is -1.20. The van der Waals surface area contributed by atoms with E-state index in [4.69, 9.17) is 10.9 Å². The molecule has 0 spiro atoms. The van der Waals surface area contributed by atoms with Crippen molar-refractivity contribution in [1.29, 1.82) is 0 Å². The molecule has 0 bridgehead atoms. The maximum atomic E-state index is 11.9. The summed E-state index contributed by atoms with van der Waals surface area (Å²) in [4.78, 5) is 13.2. The van der Waals surface area contributed by atoms with Crippen molar-refractivity contribution in [2.45, 2.75) is 25.6 Å². The van der Waals surface area contributed by atoms with Crippen molar-refractivity contribution < 1.29 is 20.2 Å². The Morgan fingerprint density at radius 2 is 2.00 bits per heavy atom. The number of carbonyl (C=O) groups is 1. The van der Waals surface area contributed by atoms with Gasteiger partial charge in [-0.2, -0.15) is 0 Å². The standard InChI is InChI=1S/C9H17N3O4/c1-2-5(8(10)11-16)9(15)12-3-6(13)7(14)4-12/h5-7,13-14,16H,2-4H2,1H3,(H2,10,11). The molecule has 0 aliphatic carbocycles. The first-order valence-corrected chi connectivity index (χ1v) is 5.13. The highest BCUT2D eigenvalue weighted by Gasteiger charge is 2.36. The number of hydrogen-bond acceptors (Lipinski definition) is 5. The Morgan fingerprint density at radius 3 is 2.38 bits per heavy atom. The summed E-state index contributed by atoms with van der Waals surface area (Å²) in [6.45, 7) is 1.90. The highest BCUT2D eigenvalue weighted by atomic mass is 16.4. The first-order chi connectivity index (χ1) is 7.51. The van der Waals surface area contributed by atoms with Crippen LogP contribution < -0.4 is 5.73 Å². The van der Waals surface area contributed by atoms with Crippen molar-refractivity contribution in [3.8, 4) is 0 Å². The summed E-state index contributed by atoms with van der Waals surface area (Å²) >= 11 is 0. The van der Waals surface area contributed by atoms with E-state index in [1.807, 2.05) is 0 Å². The minimum Gasteiger partial charge on any atom is -0.409 e. The molecule has 7 nitrogen and oxygen atoms in total. The van der Waals surface area contributed by atoms with Gasteiger partial charge in [0.05, 0.1) is 18.1 Å². The smallest absolute Gasteiger partial charge is 0.233 e. The number of rotatable bonds is 3. The number of amidine groups is 1. The lowest BCUT2D eigenvalue weighted by molar-refractivity contribution is -0.133. The van der Waals surface area contributed by atoms with Crippen LogP contribution in [0.25, 0.3) is 0 Å². The third-order valence-corrected chi connectivity index (χ3v) is 2.75. The van der Waals surface area contributed by atoms with E-state index in [0.29, 0.717) is 6.42 Å². The summed E-state index contributed by atoms with van der Waals surface area (Å²) in [7, 11) is 0. The quantitative estimate of drug-likeness (QED) is 0.200. The van der Waals surface area contributed by atoms with E-state index >= 15 is 0 Å². The molecule has 1 saturated heterocycles. The molecule has 1 aliphatic rings. The summed E-state index contributed by atoms with van der Waals surface area (Å²) < 4.78 is 0. The number of carbonyl (C=O) groups excluding carboxylic acids is 1. The first-order valence-electron chi connectivity index (χ1n) is 5.13. The number of nitrogens with two attached hydrogens (primary N) is 1. The zero-order valence-electron chi connectivity index (χ0n) is 9.08. The molecule has 1 rings (SSSR count). The first kappa shape index (κ1) is 12.7. The lowest BCUT2D eigenvalue weighted by Crippen LogP contribution is -2.41. The van der Waals surface area contributed by atoms with Crippen molar-refractivity contribution in [2.24, 2.45) is 16.8 Å². The predicted octanol–water partition coefficient (Wildman–Crippen LogP) is -1.68. The molecule has 0 aromatic carbocycles. The predicted molar refractivity (Wildman–Crippen MR) is 55.8 cm³/mol. The lowest BCUT2D eigenvalue weighted by atomic mass is 10.0. The molecule has 0 aromatic rings. The molecule has 3 unspecified atom stereocenters.